The minimum Gasteiger partial charge on any atom is -0.358 e. The molecule has 2 heterocycles. The molecular weight excluding hydrogens is 392 g/mol. The Hall–Kier alpha value is -2.32. The van der Waals surface area contributed by atoms with E-state index in [-0.39, 0.29) is 6.04 Å². The van der Waals surface area contributed by atoms with Gasteiger partial charge < -0.3 is 9.47 Å². The largest absolute Gasteiger partial charge is 0.358 e. The lowest BCUT2D eigenvalue weighted by atomic mass is 9.94. The molecule has 1 aromatic heterocycles. The van der Waals surface area contributed by atoms with Crippen molar-refractivity contribution in [3.63, 3.8) is 0 Å². The number of nitriles is 1. The lowest BCUT2D eigenvalue weighted by Gasteiger charge is -2.35. The topological polar surface area (TPSA) is 32.0 Å². The van der Waals surface area contributed by atoms with Gasteiger partial charge in [0.25, 0.3) is 0 Å². The summed E-state index contributed by atoms with van der Waals surface area (Å²) in [6.45, 7) is -1.14. The molecule has 2 aromatic rings. The Morgan fingerprint density at radius 3 is 2.62 bits per heavy atom. The Morgan fingerprint density at radius 2 is 1.93 bits per heavy atom. The summed E-state index contributed by atoms with van der Waals surface area (Å²) in [6, 6.07) is 7.32. The Morgan fingerprint density at radius 1 is 1.17 bits per heavy atom. The van der Waals surface area contributed by atoms with Gasteiger partial charge in [0.05, 0.1) is 28.5 Å². The summed E-state index contributed by atoms with van der Waals surface area (Å²) < 4.78 is 29.4. The van der Waals surface area contributed by atoms with Gasteiger partial charge in [-0.2, -0.15) is 5.26 Å². The van der Waals surface area contributed by atoms with Crippen molar-refractivity contribution in [2.24, 2.45) is 0 Å². The standard InChI is InChI=1S/C23H24ClF2N3/c24-16-9-10-19-20(15-27)23(21-8-4-5-11-28(21)18(13-25)14-26)29(22(19)12-16)17-6-2-1-3-7-17/h4-5,8-10,12,17-18H,1-3,6-7,11,13-14H2. The monoisotopic (exact) mass is 415 g/mol. The maximum Gasteiger partial charge on any atom is 0.112 e. The van der Waals surface area contributed by atoms with Crippen LogP contribution in [0.15, 0.2) is 36.4 Å². The first-order valence-electron chi connectivity index (χ1n) is 10.2. The second-order valence-electron chi connectivity index (χ2n) is 7.75. The summed E-state index contributed by atoms with van der Waals surface area (Å²) in [7, 11) is 0. The SMILES string of the molecule is N#Cc1c(C2=CC=CCN2C(CF)CF)n(C2CCCCC2)c2cc(Cl)ccc12. The van der Waals surface area contributed by atoms with Crippen LogP contribution in [0.5, 0.6) is 0 Å². The molecule has 1 aliphatic heterocycles. The molecule has 1 aromatic carbocycles. The van der Waals surface area contributed by atoms with Crippen LogP contribution in [-0.2, 0) is 0 Å². The van der Waals surface area contributed by atoms with Gasteiger partial charge in [-0.15, -0.1) is 0 Å². The van der Waals surface area contributed by atoms with Crippen molar-refractivity contribution in [2.45, 2.75) is 44.2 Å². The average molecular weight is 416 g/mol. The van der Waals surface area contributed by atoms with Crippen molar-refractivity contribution in [1.82, 2.24) is 9.47 Å². The fourth-order valence-corrected chi connectivity index (χ4v) is 4.83. The highest BCUT2D eigenvalue weighted by Gasteiger charge is 2.31. The van der Waals surface area contributed by atoms with Gasteiger partial charge in [-0.25, -0.2) is 8.78 Å². The maximum absolute atomic E-state index is 13.6. The van der Waals surface area contributed by atoms with E-state index in [2.05, 4.69) is 10.6 Å². The zero-order chi connectivity index (χ0) is 20.4. The highest BCUT2D eigenvalue weighted by Crippen LogP contribution is 2.41. The molecule has 152 valence electrons. The van der Waals surface area contributed by atoms with Crippen molar-refractivity contribution in [3.05, 3.63) is 52.7 Å². The summed E-state index contributed by atoms with van der Waals surface area (Å²) in [5.41, 5.74) is 2.93. The van der Waals surface area contributed by atoms with E-state index in [4.69, 9.17) is 11.6 Å². The molecule has 0 spiro atoms. The highest BCUT2D eigenvalue weighted by atomic mass is 35.5. The van der Waals surface area contributed by atoms with E-state index in [9.17, 15) is 14.0 Å². The smallest absolute Gasteiger partial charge is 0.112 e. The first kappa shape index (κ1) is 20.0. The number of benzene rings is 1. The number of fused-ring (bicyclic) bond motifs is 1. The molecule has 1 saturated carbocycles. The maximum atomic E-state index is 13.6. The molecule has 0 unspecified atom stereocenters. The summed E-state index contributed by atoms with van der Waals surface area (Å²) in [6.07, 6.45) is 11.2. The van der Waals surface area contributed by atoms with Crippen LogP contribution in [0.1, 0.15) is 49.4 Å². The zero-order valence-corrected chi connectivity index (χ0v) is 17.0. The minimum atomic E-state index is -0.862. The lowest BCUT2D eigenvalue weighted by molar-refractivity contribution is 0.211. The first-order chi connectivity index (χ1) is 14.2. The third-order valence-corrected chi connectivity index (χ3v) is 6.29. The van der Waals surface area contributed by atoms with Gasteiger partial charge in [-0.05, 0) is 37.1 Å². The van der Waals surface area contributed by atoms with Crippen molar-refractivity contribution in [2.75, 3.05) is 19.9 Å². The van der Waals surface area contributed by atoms with Crippen LogP contribution in [0.25, 0.3) is 16.6 Å². The molecule has 0 radical (unpaired) electrons. The van der Waals surface area contributed by atoms with E-state index >= 15 is 0 Å². The van der Waals surface area contributed by atoms with Crippen LogP contribution in [0.2, 0.25) is 5.02 Å². The molecule has 0 saturated heterocycles. The van der Waals surface area contributed by atoms with E-state index in [1.54, 1.807) is 11.0 Å². The predicted molar refractivity (Wildman–Crippen MR) is 113 cm³/mol. The van der Waals surface area contributed by atoms with Crippen LogP contribution in [-0.4, -0.2) is 35.4 Å². The average Bonchev–Trinajstić information content (AvgIpc) is 3.08. The molecule has 2 aliphatic rings. The molecule has 1 aliphatic carbocycles. The fourth-order valence-electron chi connectivity index (χ4n) is 4.66. The van der Waals surface area contributed by atoms with Gasteiger partial charge >= 0.3 is 0 Å². The molecule has 3 nitrogen and oxygen atoms in total. The molecule has 0 N–H and O–H groups in total. The highest BCUT2D eigenvalue weighted by molar-refractivity contribution is 6.31. The summed E-state index contributed by atoms with van der Waals surface area (Å²) in [5.74, 6) is 0. The number of hydrogen-bond donors (Lipinski definition) is 0. The molecular formula is C23H24ClF2N3. The number of allylic oxidation sites excluding steroid dienone is 2. The van der Waals surface area contributed by atoms with Crippen molar-refractivity contribution >= 4 is 28.2 Å². The van der Waals surface area contributed by atoms with E-state index in [0.717, 1.165) is 42.3 Å². The van der Waals surface area contributed by atoms with E-state index in [1.165, 1.54) is 6.42 Å². The molecule has 0 amide bonds. The van der Waals surface area contributed by atoms with Crippen molar-refractivity contribution in [3.8, 4) is 6.07 Å². The third-order valence-electron chi connectivity index (χ3n) is 6.06. The summed E-state index contributed by atoms with van der Waals surface area (Å²) >= 11 is 6.31. The van der Waals surface area contributed by atoms with Gasteiger partial charge in [-0.3, -0.25) is 0 Å². The number of nitrogens with zero attached hydrogens (tertiary/aromatic N) is 3. The molecule has 1 fully saturated rings. The molecule has 0 bridgehead atoms. The Balaban J connectivity index is 1.98. The second kappa shape index (κ2) is 8.59. The van der Waals surface area contributed by atoms with Gasteiger partial charge in [0.2, 0.25) is 0 Å². The van der Waals surface area contributed by atoms with Crippen LogP contribution >= 0.6 is 11.6 Å². The van der Waals surface area contributed by atoms with Crippen LogP contribution < -0.4 is 0 Å². The Kier molecular flexibility index (Phi) is 5.91. The number of rotatable bonds is 5. The quantitative estimate of drug-likeness (QED) is 0.583. The molecule has 4 rings (SSSR count). The second-order valence-corrected chi connectivity index (χ2v) is 8.19. The van der Waals surface area contributed by atoms with Crippen LogP contribution in [0.3, 0.4) is 0 Å². The fraction of sp³-hybridized carbons (Fsp3) is 0.435. The Labute approximate surface area is 174 Å². The van der Waals surface area contributed by atoms with Gasteiger partial charge in [-0.1, -0.05) is 43.0 Å². The van der Waals surface area contributed by atoms with Gasteiger partial charge in [0.1, 0.15) is 19.4 Å². The van der Waals surface area contributed by atoms with E-state index < -0.39 is 19.4 Å². The van der Waals surface area contributed by atoms with E-state index in [0.29, 0.717) is 22.8 Å². The number of alkyl halides is 2. The number of aromatic nitrogens is 1. The minimum absolute atomic E-state index is 0.240. The van der Waals surface area contributed by atoms with E-state index in [1.807, 2.05) is 30.4 Å². The summed E-state index contributed by atoms with van der Waals surface area (Å²) in [5, 5.41) is 11.5. The predicted octanol–water partition coefficient (Wildman–Crippen LogP) is 6.19. The van der Waals surface area contributed by atoms with Gasteiger partial charge in [0.15, 0.2) is 0 Å². The molecule has 6 heteroatoms. The third kappa shape index (κ3) is 3.55. The number of hydrogen-bond acceptors (Lipinski definition) is 2. The van der Waals surface area contributed by atoms with Crippen molar-refractivity contribution < 1.29 is 8.78 Å². The van der Waals surface area contributed by atoms with Crippen molar-refractivity contribution in [1.29, 1.82) is 5.26 Å². The normalized spacial score (nSPS) is 17.8. The molecule has 0 atom stereocenters. The Bertz CT molecular complexity index is 992. The number of halogens is 3. The van der Waals surface area contributed by atoms with Crippen LogP contribution in [0.4, 0.5) is 8.78 Å². The first-order valence-corrected chi connectivity index (χ1v) is 10.6. The molecule has 29 heavy (non-hydrogen) atoms. The van der Waals surface area contributed by atoms with Gasteiger partial charge in [0, 0.05) is 23.0 Å². The lowest BCUT2D eigenvalue weighted by Crippen LogP contribution is -2.39. The summed E-state index contributed by atoms with van der Waals surface area (Å²) in [4.78, 5) is 1.75. The zero-order valence-electron chi connectivity index (χ0n) is 16.3. The van der Waals surface area contributed by atoms with Crippen LogP contribution in [0, 0.1) is 11.3 Å².